The zero-order chi connectivity index (χ0) is 13.2. The molecule has 0 aliphatic carbocycles. The van der Waals surface area contributed by atoms with Crippen LogP contribution in [-0.4, -0.2) is 24.4 Å². The van der Waals surface area contributed by atoms with Crippen molar-refractivity contribution in [2.45, 2.75) is 6.54 Å². The van der Waals surface area contributed by atoms with E-state index in [0.717, 1.165) is 11.2 Å². The maximum absolute atomic E-state index is 10.8. The summed E-state index contributed by atoms with van der Waals surface area (Å²) in [4.78, 5) is 22.7. The van der Waals surface area contributed by atoms with Gasteiger partial charge in [0.05, 0.1) is 40.7 Å². The van der Waals surface area contributed by atoms with Gasteiger partial charge in [-0.1, -0.05) is 0 Å². The summed E-state index contributed by atoms with van der Waals surface area (Å²) in [5.74, 6) is 0. The van der Waals surface area contributed by atoms with Crippen LogP contribution in [0, 0.1) is 10.1 Å². The summed E-state index contributed by atoms with van der Waals surface area (Å²) in [6, 6.07) is 4.60. The highest BCUT2D eigenvalue weighted by Gasteiger charge is 2.10. The average molecular weight is 255 g/mol. The third kappa shape index (κ3) is 2.13. The smallest absolute Gasteiger partial charge is 0.271 e. The number of nitro benzene ring substituents is 1. The molecule has 0 aliphatic rings. The monoisotopic (exact) mass is 255 g/mol. The van der Waals surface area contributed by atoms with Gasteiger partial charge in [-0.2, -0.15) is 0 Å². The molecule has 2 aromatic heterocycles. The SMILES string of the molecule is O=[N+]([O-])c1ccc2ncn(Cc3cnccn3)c2c1. The summed E-state index contributed by atoms with van der Waals surface area (Å²) in [5.41, 5.74) is 2.25. The van der Waals surface area contributed by atoms with Gasteiger partial charge < -0.3 is 4.57 Å². The topological polar surface area (TPSA) is 86.7 Å². The molecule has 3 aromatic rings. The molecule has 1 aromatic carbocycles. The minimum absolute atomic E-state index is 0.0494. The Morgan fingerprint density at radius 3 is 2.89 bits per heavy atom. The van der Waals surface area contributed by atoms with Crippen LogP contribution < -0.4 is 0 Å². The molecule has 3 rings (SSSR count). The summed E-state index contributed by atoms with van der Waals surface area (Å²) in [7, 11) is 0. The van der Waals surface area contributed by atoms with Gasteiger partial charge in [0.2, 0.25) is 0 Å². The van der Waals surface area contributed by atoms with E-state index in [0.29, 0.717) is 12.1 Å². The Bertz CT molecular complexity index is 738. The molecule has 0 saturated heterocycles. The van der Waals surface area contributed by atoms with Gasteiger partial charge in [-0.25, -0.2) is 4.98 Å². The number of fused-ring (bicyclic) bond motifs is 1. The van der Waals surface area contributed by atoms with Crippen molar-refractivity contribution in [3.8, 4) is 0 Å². The molecule has 94 valence electrons. The second kappa shape index (κ2) is 4.45. The number of imidazole rings is 1. The minimum Gasteiger partial charge on any atom is -0.324 e. The Kier molecular flexibility index (Phi) is 2.64. The molecule has 0 spiro atoms. The molecule has 2 heterocycles. The Balaban J connectivity index is 2.04. The van der Waals surface area contributed by atoms with Crippen molar-refractivity contribution >= 4 is 16.7 Å². The van der Waals surface area contributed by atoms with Gasteiger partial charge >= 0.3 is 0 Å². The largest absolute Gasteiger partial charge is 0.324 e. The van der Waals surface area contributed by atoms with Gasteiger partial charge in [0.25, 0.3) is 5.69 Å². The fourth-order valence-corrected chi connectivity index (χ4v) is 1.87. The Morgan fingerprint density at radius 1 is 1.26 bits per heavy atom. The highest BCUT2D eigenvalue weighted by Crippen LogP contribution is 2.20. The van der Waals surface area contributed by atoms with Gasteiger partial charge in [0.1, 0.15) is 0 Å². The van der Waals surface area contributed by atoms with Crippen molar-refractivity contribution in [1.82, 2.24) is 19.5 Å². The second-order valence-corrected chi connectivity index (χ2v) is 4.00. The number of non-ortho nitro benzene ring substituents is 1. The van der Waals surface area contributed by atoms with Gasteiger partial charge in [-0.15, -0.1) is 0 Å². The summed E-state index contributed by atoms with van der Waals surface area (Å²) in [5, 5.41) is 10.8. The van der Waals surface area contributed by atoms with Crippen LogP contribution in [0.5, 0.6) is 0 Å². The number of hydrogen-bond donors (Lipinski definition) is 0. The molecule has 19 heavy (non-hydrogen) atoms. The first-order valence-electron chi connectivity index (χ1n) is 5.58. The summed E-state index contributed by atoms with van der Waals surface area (Å²) >= 11 is 0. The van der Waals surface area contributed by atoms with E-state index >= 15 is 0 Å². The van der Waals surface area contributed by atoms with Crippen LogP contribution in [0.3, 0.4) is 0 Å². The Labute approximate surface area is 107 Å². The van der Waals surface area contributed by atoms with E-state index < -0.39 is 4.92 Å². The third-order valence-corrected chi connectivity index (χ3v) is 2.76. The predicted molar refractivity (Wildman–Crippen MR) is 67.5 cm³/mol. The van der Waals surface area contributed by atoms with Crippen molar-refractivity contribution in [1.29, 1.82) is 0 Å². The van der Waals surface area contributed by atoms with E-state index in [1.54, 1.807) is 31.0 Å². The maximum atomic E-state index is 10.8. The number of aromatic nitrogens is 4. The first-order valence-corrected chi connectivity index (χ1v) is 5.58. The summed E-state index contributed by atoms with van der Waals surface area (Å²) in [6.45, 7) is 0.478. The third-order valence-electron chi connectivity index (χ3n) is 2.76. The van der Waals surface area contributed by atoms with E-state index in [-0.39, 0.29) is 5.69 Å². The predicted octanol–water partition coefficient (Wildman–Crippen LogP) is 1.78. The van der Waals surface area contributed by atoms with Gasteiger partial charge in [0, 0.05) is 24.5 Å². The molecular formula is C12H9N5O2. The van der Waals surface area contributed by atoms with Crippen LogP contribution in [0.1, 0.15) is 5.69 Å². The fourth-order valence-electron chi connectivity index (χ4n) is 1.87. The van der Waals surface area contributed by atoms with E-state index in [4.69, 9.17) is 0 Å². The van der Waals surface area contributed by atoms with Gasteiger partial charge in [-0.05, 0) is 6.07 Å². The lowest BCUT2D eigenvalue weighted by Crippen LogP contribution is -2.00. The molecule has 0 radical (unpaired) electrons. The molecule has 7 heteroatoms. The number of nitrogens with zero attached hydrogens (tertiary/aromatic N) is 5. The van der Waals surface area contributed by atoms with Crippen molar-refractivity contribution in [2.24, 2.45) is 0 Å². The highest BCUT2D eigenvalue weighted by molar-refractivity contribution is 5.78. The van der Waals surface area contributed by atoms with Crippen LogP contribution in [0.2, 0.25) is 0 Å². The molecule has 0 bridgehead atoms. The highest BCUT2D eigenvalue weighted by atomic mass is 16.6. The van der Waals surface area contributed by atoms with Gasteiger partial charge in [0.15, 0.2) is 0 Å². The lowest BCUT2D eigenvalue weighted by molar-refractivity contribution is -0.384. The summed E-state index contributed by atoms with van der Waals surface area (Å²) < 4.78 is 1.81. The van der Waals surface area contributed by atoms with Crippen LogP contribution >= 0.6 is 0 Å². The molecule has 0 aliphatic heterocycles. The second-order valence-electron chi connectivity index (χ2n) is 4.00. The lowest BCUT2D eigenvalue weighted by Gasteiger charge is -2.02. The van der Waals surface area contributed by atoms with Gasteiger partial charge in [-0.3, -0.25) is 20.1 Å². The maximum Gasteiger partial charge on any atom is 0.271 e. The first-order chi connectivity index (χ1) is 9.24. The van der Waals surface area contributed by atoms with Crippen LogP contribution in [0.25, 0.3) is 11.0 Å². The molecule has 0 saturated carbocycles. The zero-order valence-corrected chi connectivity index (χ0v) is 9.80. The zero-order valence-electron chi connectivity index (χ0n) is 9.80. The van der Waals surface area contributed by atoms with Crippen LogP contribution in [0.4, 0.5) is 5.69 Å². The number of rotatable bonds is 3. The molecule has 0 unspecified atom stereocenters. The molecular weight excluding hydrogens is 246 g/mol. The number of hydrogen-bond acceptors (Lipinski definition) is 5. The molecule has 0 atom stereocenters. The average Bonchev–Trinajstić information content (AvgIpc) is 2.82. The van der Waals surface area contributed by atoms with E-state index in [2.05, 4.69) is 15.0 Å². The standard InChI is InChI=1S/C12H9N5O2/c18-17(19)10-1-2-11-12(5-10)16(8-15-11)7-9-6-13-3-4-14-9/h1-6,8H,7H2. The number of nitro groups is 1. The molecule has 0 N–H and O–H groups in total. The van der Waals surface area contributed by atoms with Crippen molar-refractivity contribution in [3.63, 3.8) is 0 Å². The quantitative estimate of drug-likeness (QED) is 0.526. The van der Waals surface area contributed by atoms with E-state index in [1.807, 2.05) is 4.57 Å². The molecule has 7 nitrogen and oxygen atoms in total. The van der Waals surface area contributed by atoms with E-state index in [9.17, 15) is 10.1 Å². The minimum atomic E-state index is -0.418. The first kappa shape index (κ1) is 11.3. The van der Waals surface area contributed by atoms with Crippen molar-refractivity contribution in [3.05, 3.63) is 58.9 Å². The van der Waals surface area contributed by atoms with Crippen molar-refractivity contribution < 1.29 is 4.92 Å². The number of benzene rings is 1. The van der Waals surface area contributed by atoms with Crippen molar-refractivity contribution in [2.75, 3.05) is 0 Å². The normalized spacial score (nSPS) is 10.7. The summed E-state index contributed by atoms with van der Waals surface area (Å²) in [6.07, 6.45) is 6.50. The Morgan fingerprint density at radius 2 is 2.16 bits per heavy atom. The Hall–Kier alpha value is -2.83. The molecule has 0 fully saturated rings. The van der Waals surface area contributed by atoms with Crippen LogP contribution in [0.15, 0.2) is 43.1 Å². The molecule has 0 amide bonds. The fraction of sp³-hybridized carbons (Fsp3) is 0.0833. The van der Waals surface area contributed by atoms with Crippen LogP contribution in [-0.2, 0) is 6.54 Å². The lowest BCUT2D eigenvalue weighted by atomic mass is 10.2. The van der Waals surface area contributed by atoms with E-state index in [1.165, 1.54) is 12.1 Å².